The third kappa shape index (κ3) is 2.45. The van der Waals surface area contributed by atoms with E-state index in [1.54, 1.807) is 0 Å². The van der Waals surface area contributed by atoms with Crippen molar-refractivity contribution in [3.63, 3.8) is 0 Å². The van der Waals surface area contributed by atoms with E-state index in [1.807, 2.05) is 59.5 Å². The number of hydrogen-bond acceptors (Lipinski definition) is 2. The van der Waals surface area contributed by atoms with Gasteiger partial charge in [0, 0.05) is 13.1 Å². The van der Waals surface area contributed by atoms with Gasteiger partial charge in [-0.25, -0.2) is 0 Å². The van der Waals surface area contributed by atoms with Crippen molar-refractivity contribution < 1.29 is 9.53 Å². The van der Waals surface area contributed by atoms with Gasteiger partial charge in [0.25, 0.3) is 5.91 Å². The smallest absolute Gasteiger partial charge is 0.257 e. The molecule has 0 bridgehead atoms. The first-order valence-electron chi connectivity index (χ1n) is 6.46. The SMILES string of the molecule is O=C(c1ccccc1Oc1ccccc1)N1CCC1. The Morgan fingerprint density at radius 2 is 1.63 bits per heavy atom. The zero-order valence-corrected chi connectivity index (χ0v) is 10.6. The van der Waals surface area contributed by atoms with Crippen molar-refractivity contribution in [1.82, 2.24) is 4.90 Å². The van der Waals surface area contributed by atoms with E-state index in [0.29, 0.717) is 11.3 Å². The molecule has 0 radical (unpaired) electrons. The van der Waals surface area contributed by atoms with Gasteiger partial charge in [-0.15, -0.1) is 0 Å². The summed E-state index contributed by atoms with van der Waals surface area (Å²) in [6.07, 6.45) is 1.09. The van der Waals surface area contributed by atoms with E-state index in [0.717, 1.165) is 25.3 Å². The van der Waals surface area contributed by atoms with Gasteiger partial charge in [0.2, 0.25) is 0 Å². The number of benzene rings is 2. The van der Waals surface area contributed by atoms with E-state index in [9.17, 15) is 4.79 Å². The lowest BCUT2D eigenvalue weighted by Crippen LogP contribution is -2.42. The summed E-state index contributed by atoms with van der Waals surface area (Å²) < 4.78 is 5.80. The Morgan fingerprint density at radius 3 is 2.32 bits per heavy atom. The second-order valence-corrected chi connectivity index (χ2v) is 4.56. The van der Waals surface area contributed by atoms with Crippen LogP contribution >= 0.6 is 0 Å². The van der Waals surface area contributed by atoms with Gasteiger partial charge < -0.3 is 9.64 Å². The Hall–Kier alpha value is -2.29. The van der Waals surface area contributed by atoms with E-state index < -0.39 is 0 Å². The molecule has 0 spiro atoms. The zero-order valence-electron chi connectivity index (χ0n) is 10.6. The molecular weight excluding hydrogens is 238 g/mol. The van der Waals surface area contributed by atoms with Gasteiger partial charge in [-0.2, -0.15) is 0 Å². The molecule has 0 N–H and O–H groups in total. The van der Waals surface area contributed by atoms with Crippen LogP contribution in [-0.4, -0.2) is 23.9 Å². The zero-order chi connectivity index (χ0) is 13.1. The lowest BCUT2D eigenvalue weighted by atomic mass is 10.1. The number of likely N-dealkylation sites (tertiary alicyclic amines) is 1. The molecule has 1 fully saturated rings. The van der Waals surface area contributed by atoms with Crippen molar-refractivity contribution in [3.05, 3.63) is 60.2 Å². The molecule has 2 aromatic carbocycles. The number of para-hydroxylation sites is 2. The lowest BCUT2D eigenvalue weighted by molar-refractivity contribution is 0.0649. The Morgan fingerprint density at radius 1 is 0.947 bits per heavy atom. The molecule has 96 valence electrons. The fourth-order valence-corrected chi connectivity index (χ4v) is 2.04. The third-order valence-corrected chi connectivity index (χ3v) is 3.23. The topological polar surface area (TPSA) is 29.5 Å². The van der Waals surface area contributed by atoms with Gasteiger partial charge in [0.1, 0.15) is 11.5 Å². The molecule has 0 atom stereocenters. The standard InChI is InChI=1S/C16H15NO2/c18-16(17-11-6-12-17)14-9-4-5-10-15(14)19-13-7-2-1-3-8-13/h1-5,7-10H,6,11-12H2. The maximum absolute atomic E-state index is 12.3. The first-order valence-corrected chi connectivity index (χ1v) is 6.46. The largest absolute Gasteiger partial charge is 0.457 e. The fraction of sp³-hybridized carbons (Fsp3) is 0.188. The highest BCUT2D eigenvalue weighted by Crippen LogP contribution is 2.27. The van der Waals surface area contributed by atoms with Crippen molar-refractivity contribution in [3.8, 4) is 11.5 Å². The second kappa shape index (κ2) is 5.14. The number of amides is 1. The Balaban J connectivity index is 1.87. The summed E-state index contributed by atoms with van der Waals surface area (Å²) in [5.41, 5.74) is 0.631. The highest BCUT2D eigenvalue weighted by Gasteiger charge is 2.24. The van der Waals surface area contributed by atoms with Crippen molar-refractivity contribution in [2.75, 3.05) is 13.1 Å². The van der Waals surface area contributed by atoms with Crippen molar-refractivity contribution >= 4 is 5.91 Å². The quantitative estimate of drug-likeness (QED) is 0.839. The van der Waals surface area contributed by atoms with Crippen LogP contribution in [0.4, 0.5) is 0 Å². The highest BCUT2D eigenvalue weighted by atomic mass is 16.5. The summed E-state index contributed by atoms with van der Waals surface area (Å²) in [6.45, 7) is 1.69. The van der Waals surface area contributed by atoms with Crippen molar-refractivity contribution in [2.45, 2.75) is 6.42 Å². The van der Waals surface area contributed by atoms with Crippen molar-refractivity contribution in [2.24, 2.45) is 0 Å². The normalized spacial score (nSPS) is 13.8. The molecule has 1 aliphatic heterocycles. The maximum atomic E-state index is 12.3. The van der Waals surface area contributed by atoms with Crippen LogP contribution in [0.15, 0.2) is 54.6 Å². The molecule has 0 aliphatic carbocycles. The molecule has 19 heavy (non-hydrogen) atoms. The van der Waals surface area contributed by atoms with Crippen LogP contribution in [0.5, 0.6) is 11.5 Å². The average Bonchev–Trinajstić information content (AvgIpc) is 2.38. The number of hydrogen-bond donors (Lipinski definition) is 0. The van der Waals surface area contributed by atoms with Gasteiger partial charge in [0.15, 0.2) is 0 Å². The predicted molar refractivity (Wildman–Crippen MR) is 73.5 cm³/mol. The maximum Gasteiger partial charge on any atom is 0.257 e. The van der Waals surface area contributed by atoms with E-state index in [4.69, 9.17) is 4.74 Å². The van der Waals surface area contributed by atoms with Crippen LogP contribution < -0.4 is 4.74 Å². The number of nitrogens with zero attached hydrogens (tertiary/aromatic N) is 1. The van der Waals surface area contributed by atoms with Crippen LogP contribution in [-0.2, 0) is 0 Å². The summed E-state index contributed by atoms with van der Waals surface area (Å²) >= 11 is 0. The van der Waals surface area contributed by atoms with Gasteiger partial charge in [-0.05, 0) is 30.7 Å². The van der Waals surface area contributed by atoms with E-state index in [-0.39, 0.29) is 5.91 Å². The number of rotatable bonds is 3. The summed E-state index contributed by atoms with van der Waals surface area (Å²) in [6, 6.07) is 16.9. The van der Waals surface area contributed by atoms with Crippen LogP contribution in [0, 0.1) is 0 Å². The number of carbonyl (C=O) groups is 1. The molecule has 3 nitrogen and oxygen atoms in total. The second-order valence-electron chi connectivity index (χ2n) is 4.56. The third-order valence-electron chi connectivity index (χ3n) is 3.23. The molecule has 0 saturated carbocycles. The first kappa shape index (κ1) is 11.8. The van der Waals surface area contributed by atoms with Crippen LogP contribution in [0.2, 0.25) is 0 Å². The molecule has 1 saturated heterocycles. The van der Waals surface area contributed by atoms with Gasteiger partial charge >= 0.3 is 0 Å². The molecule has 1 amide bonds. The fourth-order valence-electron chi connectivity index (χ4n) is 2.04. The minimum atomic E-state index is 0.0535. The Kier molecular flexibility index (Phi) is 3.19. The minimum absolute atomic E-state index is 0.0535. The molecule has 0 unspecified atom stereocenters. The predicted octanol–water partition coefficient (Wildman–Crippen LogP) is 3.32. The molecular formula is C16H15NO2. The first-order chi connectivity index (χ1) is 9.34. The lowest BCUT2D eigenvalue weighted by Gasteiger charge is -2.31. The Labute approximate surface area is 112 Å². The molecule has 3 heteroatoms. The summed E-state index contributed by atoms with van der Waals surface area (Å²) in [7, 11) is 0. The highest BCUT2D eigenvalue weighted by molar-refractivity contribution is 5.97. The molecule has 3 rings (SSSR count). The van der Waals surface area contributed by atoms with Gasteiger partial charge in [-0.3, -0.25) is 4.79 Å². The summed E-state index contributed by atoms with van der Waals surface area (Å²) in [5.74, 6) is 1.41. The average molecular weight is 253 g/mol. The number of ether oxygens (including phenoxy) is 1. The van der Waals surface area contributed by atoms with Crippen LogP contribution in [0.3, 0.4) is 0 Å². The van der Waals surface area contributed by atoms with E-state index in [2.05, 4.69) is 0 Å². The van der Waals surface area contributed by atoms with Crippen LogP contribution in [0.25, 0.3) is 0 Å². The molecule has 1 heterocycles. The molecule has 2 aromatic rings. The minimum Gasteiger partial charge on any atom is -0.457 e. The summed E-state index contributed by atoms with van der Waals surface area (Å²) in [5, 5.41) is 0. The number of carbonyl (C=O) groups excluding carboxylic acids is 1. The van der Waals surface area contributed by atoms with Crippen molar-refractivity contribution in [1.29, 1.82) is 0 Å². The van der Waals surface area contributed by atoms with E-state index >= 15 is 0 Å². The van der Waals surface area contributed by atoms with Gasteiger partial charge in [0.05, 0.1) is 5.56 Å². The van der Waals surface area contributed by atoms with E-state index in [1.165, 1.54) is 0 Å². The van der Waals surface area contributed by atoms with Crippen LogP contribution in [0.1, 0.15) is 16.8 Å². The Bertz CT molecular complexity index is 576. The molecule has 1 aliphatic rings. The monoisotopic (exact) mass is 253 g/mol. The summed E-state index contributed by atoms with van der Waals surface area (Å²) in [4.78, 5) is 14.1. The van der Waals surface area contributed by atoms with Gasteiger partial charge in [-0.1, -0.05) is 30.3 Å². The molecule has 0 aromatic heterocycles.